The Bertz CT molecular complexity index is 1190. The Morgan fingerprint density at radius 1 is 1.23 bits per heavy atom. The van der Waals surface area contributed by atoms with E-state index in [4.69, 9.17) is 5.10 Å². The molecule has 1 aromatic carbocycles. The fraction of sp³-hybridized carbons (Fsp3) is 0.435. The van der Waals surface area contributed by atoms with Crippen molar-refractivity contribution in [3.63, 3.8) is 0 Å². The zero-order valence-electron chi connectivity index (χ0n) is 17.2. The molecule has 3 heterocycles. The first kappa shape index (κ1) is 18.9. The van der Waals surface area contributed by atoms with Gasteiger partial charge in [-0.3, -0.25) is 14.4 Å². The van der Waals surface area contributed by atoms with Crippen LogP contribution in [0.4, 0.5) is 11.5 Å². The maximum Gasteiger partial charge on any atom is 0.261 e. The van der Waals surface area contributed by atoms with E-state index in [1.807, 2.05) is 10.7 Å². The van der Waals surface area contributed by atoms with Crippen molar-refractivity contribution in [2.75, 3.05) is 11.9 Å². The van der Waals surface area contributed by atoms with E-state index in [-0.39, 0.29) is 17.5 Å². The summed E-state index contributed by atoms with van der Waals surface area (Å²) in [6.07, 6.45) is 5.60. The summed E-state index contributed by atoms with van der Waals surface area (Å²) in [5.41, 5.74) is 4.23. The average molecular weight is 403 g/mol. The molecule has 30 heavy (non-hydrogen) atoms. The van der Waals surface area contributed by atoms with Crippen LogP contribution in [0.1, 0.15) is 49.8 Å². The van der Waals surface area contributed by atoms with Crippen molar-refractivity contribution in [2.45, 2.75) is 51.7 Å². The number of benzene rings is 1. The van der Waals surface area contributed by atoms with Gasteiger partial charge in [-0.25, -0.2) is 0 Å². The zero-order chi connectivity index (χ0) is 20.7. The smallest absolute Gasteiger partial charge is 0.261 e. The third kappa shape index (κ3) is 3.17. The number of hydrogen-bond donors (Lipinski definition) is 2. The largest absolute Gasteiger partial charge is 0.338 e. The van der Waals surface area contributed by atoms with E-state index in [0.29, 0.717) is 11.2 Å². The molecule has 5 rings (SSSR count). The van der Waals surface area contributed by atoms with Gasteiger partial charge in [0.25, 0.3) is 5.56 Å². The molecule has 154 valence electrons. The Balaban J connectivity index is 1.54. The lowest BCUT2D eigenvalue weighted by Crippen LogP contribution is -2.23. The number of nitrogens with zero attached hydrogens (tertiary/aromatic N) is 4. The summed E-state index contributed by atoms with van der Waals surface area (Å²) in [5.74, 6) is 0.480. The summed E-state index contributed by atoms with van der Waals surface area (Å²) in [6.45, 7) is 5.14. The normalized spacial score (nSPS) is 21.5. The lowest BCUT2D eigenvalue weighted by molar-refractivity contribution is 0.277. The number of aromatic amines is 1. The molecule has 1 saturated carbocycles. The summed E-state index contributed by atoms with van der Waals surface area (Å²) in [4.78, 5) is 17.9. The van der Waals surface area contributed by atoms with Crippen molar-refractivity contribution in [3.05, 3.63) is 51.9 Å². The highest BCUT2D eigenvalue weighted by atomic mass is 16.1. The molecule has 0 radical (unpaired) electrons. The van der Waals surface area contributed by atoms with Crippen LogP contribution in [-0.2, 0) is 13.1 Å². The molecule has 7 heteroatoms. The highest BCUT2D eigenvalue weighted by Crippen LogP contribution is 2.37. The van der Waals surface area contributed by atoms with Crippen molar-refractivity contribution in [1.82, 2.24) is 19.7 Å². The SMILES string of the molecule is CCN1Cc2ccc(Nc3nn(C4CCCCC4C#N)c4cc[nH]c(=O)c34)cc2C1. The van der Waals surface area contributed by atoms with Gasteiger partial charge in [0, 0.05) is 25.0 Å². The number of hydrogen-bond acceptors (Lipinski definition) is 5. The Morgan fingerprint density at radius 3 is 2.90 bits per heavy atom. The van der Waals surface area contributed by atoms with Crippen molar-refractivity contribution in [2.24, 2.45) is 5.92 Å². The van der Waals surface area contributed by atoms with Gasteiger partial charge in [-0.15, -0.1) is 0 Å². The monoisotopic (exact) mass is 402 g/mol. The van der Waals surface area contributed by atoms with Crippen molar-refractivity contribution >= 4 is 22.4 Å². The summed E-state index contributed by atoms with van der Waals surface area (Å²) in [5, 5.41) is 18.4. The van der Waals surface area contributed by atoms with Crippen molar-refractivity contribution < 1.29 is 0 Å². The Hall–Kier alpha value is -3.11. The highest BCUT2D eigenvalue weighted by molar-refractivity contribution is 5.91. The first-order valence-electron chi connectivity index (χ1n) is 10.8. The Labute approximate surface area is 175 Å². The molecule has 2 atom stereocenters. The van der Waals surface area contributed by atoms with Crippen LogP contribution < -0.4 is 10.9 Å². The number of aromatic nitrogens is 3. The van der Waals surface area contributed by atoms with Gasteiger partial charge < -0.3 is 10.3 Å². The summed E-state index contributed by atoms with van der Waals surface area (Å²) in [7, 11) is 0. The third-order valence-corrected chi connectivity index (χ3v) is 6.54. The van der Waals surface area contributed by atoms with Gasteiger partial charge in [-0.2, -0.15) is 10.4 Å². The van der Waals surface area contributed by atoms with Crippen LogP contribution in [0.3, 0.4) is 0 Å². The maximum absolute atomic E-state index is 12.7. The number of H-pyrrole nitrogens is 1. The van der Waals surface area contributed by atoms with Gasteiger partial charge in [0.15, 0.2) is 5.82 Å². The van der Waals surface area contributed by atoms with E-state index in [2.05, 4.69) is 46.4 Å². The summed E-state index contributed by atoms with van der Waals surface area (Å²) >= 11 is 0. The van der Waals surface area contributed by atoms with Crippen LogP contribution in [0.5, 0.6) is 0 Å². The molecule has 1 fully saturated rings. The molecule has 2 aromatic heterocycles. The first-order chi connectivity index (χ1) is 14.7. The number of nitriles is 1. The van der Waals surface area contributed by atoms with Crippen LogP contribution >= 0.6 is 0 Å². The highest BCUT2D eigenvalue weighted by Gasteiger charge is 2.30. The molecule has 2 unspecified atom stereocenters. The van der Waals surface area contributed by atoms with Crippen LogP contribution in [0.15, 0.2) is 35.3 Å². The van der Waals surface area contributed by atoms with Gasteiger partial charge >= 0.3 is 0 Å². The zero-order valence-corrected chi connectivity index (χ0v) is 17.2. The van der Waals surface area contributed by atoms with Crippen LogP contribution in [0, 0.1) is 17.2 Å². The van der Waals surface area contributed by atoms with Crippen LogP contribution in [0.2, 0.25) is 0 Å². The molecule has 2 aliphatic rings. The molecule has 1 aliphatic heterocycles. The minimum absolute atomic E-state index is 0.00160. The van der Waals surface area contributed by atoms with Gasteiger partial charge in [0.1, 0.15) is 5.39 Å². The third-order valence-electron chi connectivity index (χ3n) is 6.54. The van der Waals surface area contributed by atoms with Crippen LogP contribution in [-0.4, -0.2) is 26.2 Å². The fourth-order valence-corrected chi connectivity index (χ4v) is 4.90. The fourth-order valence-electron chi connectivity index (χ4n) is 4.90. The minimum atomic E-state index is -0.163. The van der Waals surface area contributed by atoms with E-state index >= 15 is 0 Å². The number of anilines is 2. The van der Waals surface area contributed by atoms with Crippen LogP contribution in [0.25, 0.3) is 10.9 Å². The van der Waals surface area contributed by atoms with E-state index in [9.17, 15) is 10.1 Å². The quantitative estimate of drug-likeness (QED) is 0.687. The minimum Gasteiger partial charge on any atom is -0.338 e. The van der Waals surface area contributed by atoms with E-state index in [1.54, 1.807) is 6.20 Å². The van der Waals surface area contributed by atoms with E-state index < -0.39 is 0 Å². The van der Waals surface area contributed by atoms with Gasteiger partial charge in [-0.1, -0.05) is 25.8 Å². The predicted octanol–water partition coefficient (Wildman–Crippen LogP) is 4.06. The molecule has 7 nitrogen and oxygen atoms in total. The number of fused-ring (bicyclic) bond motifs is 2. The molecule has 3 aromatic rings. The second-order valence-corrected chi connectivity index (χ2v) is 8.36. The molecular weight excluding hydrogens is 376 g/mol. The molecule has 0 amide bonds. The Morgan fingerprint density at radius 2 is 2.07 bits per heavy atom. The van der Waals surface area contributed by atoms with E-state index in [1.165, 1.54) is 11.1 Å². The molecule has 0 saturated heterocycles. The standard InChI is InChI=1S/C23H26N6O/c1-2-28-13-16-7-8-18(11-17(16)14-28)26-22-21-20(9-10-25-23(21)30)29(27-22)19-6-4-3-5-15(19)12-24/h7-11,15,19H,2-6,13-14H2,1H3,(H,25,30)(H,26,27). The maximum atomic E-state index is 12.7. The Kier molecular flexibility index (Phi) is 4.80. The lowest BCUT2D eigenvalue weighted by atomic mass is 9.85. The van der Waals surface area contributed by atoms with E-state index in [0.717, 1.165) is 56.5 Å². The lowest BCUT2D eigenvalue weighted by Gasteiger charge is -2.27. The predicted molar refractivity (Wildman–Crippen MR) is 116 cm³/mol. The van der Waals surface area contributed by atoms with Gasteiger partial charge in [0.2, 0.25) is 0 Å². The first-order valence-corrected chi connectivity index (χ1v) is 10.8. The second kappa shape index (κ2) is 7.62. The van der Waals surface area contributed by atoms with Crippen molar-refractivity contribution in [1.29, 1.82) is 5.26 Å². The number of pyridine rings is 1. The van der Waals surface area contributed by atoms with Gasteiger partial charge in [-0.05, 0) is 48.7 Å². The van der Waals surface area contributed by atoms with Gasteiger partial charge in [0.05, 0.1) is 23.5 Å². The molecule has 0 spiro atoms. The number of rotatable bonds is 4. The van der Waals surface area contributed by atoms with Crippen molar-refractivity contribution in [3.8, 4) is 6.07 Å². The second-order valence-electron chi connectivity index (χ2n) is 8.36. The molecular formula is C23H26N6O. The summed E-state index contributed by atoms with van der Waals surface area (Å²) < 4.78 is 1.91. The molecule has 2 N–H and O–H groups in total. The summed E-state index contributed by atoms with van der Waals surface area (Å²) in [6, 6.07) is 10.7. The number of nitrogens with one attached hydrogen (secondary N) is 2. The average Bonchev–Trinajstić information content (AvgIpc) is 3.35. The topological polar surface area (TPSA) is 89.7 Å². The molecule has 1 aliphatic carbocycles. The molecule has 0 bridgehead atoms.